The van der Waals surface area contributed by atoms with E-state index in [-0.39, 0.29) is 17.3 Å². The number of carbonyl (C=O) groups is 1. The summed E-state index contributed by atoms with van der Waals surface area (Å²) in [7, 11) is 0. The maximum absolute atomic E-state index is 13.6. The first kappa shape index (κ1) is 23.7. The summed E-state index contributed by atoms with van der Waals surface area (Å²) >= 11 is 1.43. The molecule has 34 heavy (non-hydrogen) atoms. The zero-order chi connectivity index (χ0) is 24.2. The molecule has 0 spiro atoms. The van der Waals surface area contributed by atoms with E-state index < -0.39 is 0 Å². The van der Waals surface area contributed by atoms with Crippen LogP contribution in [0.3, 0.4) is 0 Å². The Kier molecular flexibility index (Phi) is 7.12. The molecule has 4 aromatic rings. The lowest BCUT2D eigenvalue weighted by Crippen LogP contribution is -2.30. The number of halogens is 1. The van der Waals surface area contributed by atoms with Crippen LogP contribution in [0.1, 0.15) is 35.3 Å². The van der Waals surface area contributed by atoms with Crippen LogP contribution in [0.25, 0.3) is 16.6 Å². The molecule has 0 saturated heterocycles. The zero-order valence-corrected chi connectivity index (χ0v) is 20.2. The summed E-state index contributed by atoms with van der Waals surface area (Å²) < 4.78 is 15.1. The van der Waals surface area contributed by atoms with Crippen molar-refractivity contribution in [3.05, 3.63) is 99.6 Å². The molecule has 0 N–H and O–H groups in total. The number of fused-ring (bicyclic) bond motifs is 1. The molecule has 174 valence electrons. The van der Waals surface area contributed by atoms with Crippen molar-refractivity contribution < 1.29 is 9.18 Å². The van der Waals surface area contributed by atoms with Gasteiger partial charge in [0.15, 0.2) is 5.16 Å². The summed E-state index contributed by atoms with van der Waals surface area (Å²) in [6, 6.07) is 18.9. The second-order valence-electron chi connectivity index (χ2n) is 8.00. The number of nitrogens with zero attached hydrogens (tertiary/aromatic N) is 3. The van der Waals surface area contributed by atoms with Gasteiger partial charge in [-0.25, -0.2) is 9.37 Å². The minimum absolute atomic E-state index is 0.0922. The molecule has 0 fully saturated rings. The molecule has 0 bridgehead atoms. The van der Waals surface area contributed by atoms with Gasteiger partial charge in [0.1, 0.15) is 5.82 Å². The highest BCUT2D eigenvalue weighted by molar-refractivity contribution is 7.98. The third-order valence-electron chi connectivity index (χ3n) is 5.67. The molecule has 0 saturated carbocycles. The van der Waals surface area contributed by atoms with Gasteiger partial charge in [-0.15, -0.1) is 0 Å². The standard InChI is InChI=1S/C27H26FN3O2S/c1-4-30(5-2)25(32)20-9-14-23-24(16-20)29-27(34-17-19-8-6-7-18(3)15-19)31(26(23)33)22-12-10-21(28)11-13-22/h6-16H,4-5,17H2,1-3H3. The molecule has 1 heterocycles. The van der Waals surface area contributed by atoms with Crippen LogP contribution in [0, 0.1) is 12.7 Å². The lowest BCUT2D eigenvalue weighted by molar-refractivity contribution is 0.0773. The highest BCUT2D eigenvalue weighted by atomic mass is 32.2. The van der Waals surface area contributed by atoms with Crippen LogP contribution >= 0.6 is 11.8 Å². The zero-order valence-electron chi connectivity index (χ0n) is 19.4. The van der Waals surface area contributed by atoms with E-state index in [2.05, 4.69) is 6.07 Å². The summed E-state index contributed by atoms with van der Waals surface area (Å²) in [6.07, 6.45) is 0. The number of hydrogen-bond acceptors (Lipinski definition) is 4. The van der Waals surface area contributed by atoms with Gasteiger partial charge < -0.3 is 4.90 Å². The average molecular weight is 476 g/mol. The van der Waals surface area contributed by atoms with Gasteiger partial charge in [0, 0.05) is 24.4 Å². The number of thioether (sulfide) groups is 1. The third kappa shape index (κ3) is 4.89. The van der Waals surface area contributed by atoms with Crippen LogP contribution in [0.4, 0.5) is 4.39 Å². The minimum Gasteiger partial charge on any atom is -0.339 e. The predicted molar refractivity (Wildman–Crippen MR) is 135 cm³/mol. The number of amides is 1. The second-order valence-corrected chi connectivity index (χ2v) is 8.94. The van der Waals surface area contributed by atoms with Gasteiger partial charge in [-0.1, -0.05) is 41.6 Å². The highest BCUT2D eigenvalue weighted by Crippen LogP contribution is 2.26. The number of aromatic nitrogens is 2. The number of hydrogen-bond donors (Lipinski definition) is 0. The van der Waals surface area contributed by atoms with E-state index in [9.17, 15) is 14.0 Å². The number of carbonyl (C=O) groups excluding carboxylic acids is 1. The SMILES string of the molecule is CCN(CC)C(=O)c1ccc2c(=O)n(-c3ccc(F)cc3)c(SCc3cccc(C)c3)nc2c1. The predicted octanol–water partition coefficient (Wildman–Crippen LogP) is 5.61. The van der Waals surface area contributed by atoms with Crippen LogP contribution in [-0.2, 0) is 5.75 Å². The van der Waals surface area contributed by atoms with Crippen LogP contribution in [-0.4, -0.2) is 33.4 Å². The van der Waals surface area contributed by atoms with Gasteiger partial charge in [0.25, 0.3) is 11.5 Å². The molecule has 0 radical (unpaired) electrons. The van der Waals surface area contributed by atoms with E-state index >= 15 is 0 Å². The van der Waals surface area contributed by atoms with E-state index in [1.807, 2.05) is 39.0 Å². The van der Waals surface area contributed by atoms with E-state index in [0.717, 1.165) is 11.1 Å². The second kappa shape index (κ2) is 10.2. The monoisotopic (exact) mass is 475 g/mol. The van der Waals surface area contributed by atoms with Crippen molar-refractivity contribution in [2.75, 3.05) is 13.1 Å². The molecule has 5 nitrogen and oxygen atoms in total. The fourth-order valence-electron chi connectivity index (χ4n) is 3.86. The molecule has 4 rings (SSSR count). The van der Waals surface area contributed by atoms with Gasteiger partial charge in [0.2, 0.25) is 0 Å². The highest BCUT2D eigenvalue weighted by Gasteiger charge is 2.17. The van der Waals surface area contributed by atoms with Gasteiger partial charge >= 0.3 is 0 Å². The Morgan fingerprint density at radius 1 is 1.03 bits per heavy atom. The number of rotatable bonds is 7. The first-order valence-corrected chi connectivity index (χ1v) is 12.2. The average Bonchev–Trinajstić information content (AvgIpc) is 2.84. The maximum Gasteiger partial charge on any atom is 0.266 e. The molecule has 0 atom stereocenters. The Hall–Kier alpha value is -3.45. The topological polar surface area (TPSA) is 55.2 Å². The van der Waals surface area contributed by atoms with E-state index in [4.69, 9.17) is 4.98 Å². The minimum atomic E-state index is -0.376. The lowest BCUT2D eigenvalue weighted by Gasteiger charge is -2.19. The molecule has 0 aliphatic carbocycles. The number of aryl methyl sites for hydroxylation is 1. The molecule has 1 amide bonds. The molecular weight excluding hydrogens is 449 g/mol. The van der Waals surface area contributed by atoms with Crippen LogP contribution in [0.2, 0.25) is 0 Å². The Labute approximate surface area is 202 Å². The molecule has 3 aromatic carbocycles. The van der Waals surface area contributed by atoms with Gasteiger partial charge in [-0.05, 0) is 68.8 Å². The van der Waals surface area contributed by atoms with E-state index in [1.165, 1.54) is 28.5 Å². The summed E-state index contributed by atoms with van der Waals surface area (Å²) in [4.78, 5) is 32.9. The normalized spacial score (nSPS) is 11.1. The first-order chi connectivity index (χ1) is 16.4. The van der Waals surface area contributed by atoms with Gasteiger partial charge in [-0.2, -0.15) is 0 Å². The van der Waals surface area contributed by atoms with Crippen molar-refractivity contribution in [2.24, 2.45) is 0 Å². The molecular formula is C27H26FN3O2S. The van der Waals surface area contributed by atoms with Crippen LogP contribution < -0.4 is 5.56 Å². The van der Waals surface area contributed by atoms with Crippen molar-refractivity contribution in [2.45, 2.75) is 31.7 Å². The van der Waals surface area contributed by atoms with Crippen LogP contribution in [0.15, 0.2) is 76.7 Å². The maximum atomic E-state index is 13.6. The Balaban J connectivity index is 1.83. The lowest BCUT2D eigenvalue weighted by atomic mass is 10.1. The van der Waals surface area contributed by atoms with Crippen LogP contribution in [0.5, 0.6) is 0 Å². The number of benzene rings is 3. The third-order valence-corrected chi connectivity index (χ3v) is 6.68. The fraction of sp³-hybridized carbons (Fsp3) is 0.222. The molecule has 0 unspecified atom stereocenters. The van der Waals surface area contributed by atoms with Crippen molar-refractivity contribution in [3.8, 4) is 5.69 Å². The van der Waals surface area contributed by atoms with Crippen molar-refractivity contribution >= 4 is 28.6 Å². The van der Waals surface area contributed by atoms with Crippen molar-refractivity contribution in [3.63, 3.8) is 0 Å². The van der Waals surface area contributed by atoms with Gasteiger partial charge in [-0.3, -0.25) is 14.2 Å². The van der Waals surface area contributed by atoms with E-state index in [0.29, 0.717) is 46.2 Å². The largest absolute Gasteiger partial charge is 0.339 e. The van der Waals surface area contributed by atoms with Crippen molar-refractivity contribution in [1.82, 2.24) is 14.5 Å². The first-order valence-electron chi connectivity index (χ1n) is 11.2. The Morgan fingerprint density at radius 3 is 2.44 bits per heavy atom. The molecule has 0 aliphatic heterocycles. The quantitative estimate of drug-likeness (QED) is 0.258. The Bertz CT molecular complexity index is 1400. The summed E-state index contributed by atoms with van der Waals surface area (Å²) in [5, 5.41) is 0.887. The summed E-state index contributed by atoms with van der Waals surface area (Å²) in [5.41, 5.74) is 3.50. The van der Waals surface area contributed by atoms with E-state index in [1.54, 1.807) is 35.2 Å². The molecule has 1 aromatic heterocycles. The van der Waals surface area contributed by atoms with Gasteiger partial charge in [0.05, 0.1) is 16.6 Å². The Morgan fingerprint density at radius 2 is 1.76 bits per heavy atom. The smallest absolute Gasteiger partial charge is 0.266 e. The molecule has 7 heteroatoms. The van der Waals surface area contributed by atoms with Crippen molar-refractivity contribution in [1.29, 1.82) is 0 Å². The fourth-order valence-corrected chi connectivity index (χ4v) is 4.81. The summed E-state index contributed by atoms with van der Waals surface area (Å²) in [6.45, 7) is 7.10. The summed E-state index contributed by atoms with van der Waals surface area (Å²) in [5.74, 6) is 0.142. The molecule has 0 aliphatic rings.